The van der Waals surface area contributed by atoms with Gasteiger partial charge in [0.05, 0.1) is 0 Å². The molecule has 1 rings (SSSR count). The van der Waals surface area contributed by atoms with Gasteiger partial charge < -0.3 is 5.73 Å². The lowest BCUT2D eigenvalue weighted by molar-refractivity contribution is 0.107. The number of hydrogen-bond acceptors (Lipinski definition) is 2. The van der Waals surface area contributed by atoms with Gasteiger partial charge in [0.15, 0.2) is 0 Å². The zero-order chi connectivity index (χ0) is 13.1. The quantitative estimate of drug-likeness (QED) is 0.848. The Morgan fingerprint density at radius 1 is 1.24 bits per heavy atom. The van der Waals surface area contributed by atoms with Crippen LogP contribution in [-0.4, -0.2) is 23.5 Å². The minimum absolute atomic E-state index is 0.0166. The van der Waals surface area contributed by atoms with Crippen LogP contribution >= 0.6 is 0 Å². The molecule has 17 heavy (non-hydrogen) atoms. The predicted octanol–water partition coefficient (Wildman–Crippen LogP) is 3.12. The Labute approximate surface area is 106 Å². The highest BCUT2D eigenvalue weighted by molar-refractivity contribution is 5.27. The molecule has 1 atom stereocenters. The maximum absolute atomic E-state index is 6.45. The smallest absolute Gasteiger partial charge is 0.0476 e. The van der Waals surface area contributed by atoms with Crippen LogP contribution in [0.15, 0.2) is 24.3 Å². The van der Waals surface area contributed by atoms with E-state index in [-0.39, 0.29) is 11.6 Å². The molecule has 0 saturated heterocycles. The van der Waals surface area contributed by atoms with Gasteiger partial charge in [-0.1, -0.05) is 43.7 Å². The third-order valence-corrected chi connectivity index (χ3v) is 3.74. The van der Waals surface area contributed by atoms with Gasteiger partial charge in [0.2, 0.25) is 0 Å². The topological polar surface area (TPSA) is 29.3 Å². The average Bonchev–Trinajstić information content (AvgIpc) is 2.29. The number of aryl methyl sites for hydroxylation is 1. The molecule has 0 bridgehead atoms. The van der Waals surface area contributed by atoms with Gasteiger partial charge in [-0.25, -0.2) is 0 Å². The zero-order valence-corrected chi connectivity index (χ0v) is 11.8. The lowest BCUT2D eigenvalue weighted by Gasteiger charge is -2.42. The summed E-state index contributed by atoms with van der Waals surface area (Å²) in [6, 6.07) is 8.56. The summed E-state index contributed by atoms with van der Waals surface area (Å²) in [4.78, 5) is 2.42. The van der Waals surface area contributed by atoms with E-state index in [0.717, 1.165) is 13.1 Å². The molecule has 1 aromatic carbocycles. The Hall–Kier alpha value is -0.860. The molecule has 2 nitrogen and oxygen atoms in total. The largest absolute Gasteiger partial charge is 0.322 e. The molecule has 1 unspecified atom stereocenters. The Bertz CT molecular complexity index is 354. The lowest BCUT2D eigenvalue weighted by atomic mass is 9.87. The van der Waals surface area contributed by atoms with Crippen LogP contribution in [0.1, 0.15) is 44.9 Å². The van der Waals surface area contributed by atoms with Crippen LogP contribution in [0.2, 0.25) is 0 Å². The number of rotatable bonds is 5. The fraction of sp³-hybridized carbons (Fsp3) is 0.600. The van der Waals surface area contributed by atoms with Crippen LogP contribution < -0.4 is 5.73 Å². The number of nitrogens with zero attached hydrogens (tertiary/aromatic N) is 1. The molecule has 0 amide bonds. The van der Waals surface area contributed by atoms with Crippen LogP contribution in [0, 0.1) is 6.92 Å². The summed E-state index contributed by atoms with van der Waals surface area (Å²) >= 11 is 0. The fourth-order valence-electron chi connectivity index (χ4n) is 2.51. The SMILES string of the molecule is CCN(CC)C(C)(C)C(N)c1cccc(C)c1. The summed E-state index contributed by atoms with van der Waals surface area (Å²) in [5.41, 5.74) is 8.93. The van der Waals surface area contributed by atoms with Crippen molar-refractivity contribution in [3.63, 3.8) is 0 Å². The first-order valence-electron chi connectivity index (χ1n) is 6.50. The second-order valence-electron chi connectivity index (χ2n) is 5.22. The van der Waals surface area contributed by atoms with Crippen molar-refractivity contribution >= 4 is 0 Å². The Morgan fingerprint density at radius 2 is 1.82 bits per heavy atom. The Kier molecular flexibility index (Phi) is 4.72. The van der Waals surface area contributed by atoms with Gasteiger partial charge in [0.25, 0.3) is 0 Å². The van der Waals surface area contributed by atoms with E-state index < -0.39 is 0 Å². The molecular weight excluding hydrogens is 208 g/mol. The third kappa shape index (κ3) is 3.08. The number of nitrogens with two attached hydrogens (primary N) is 1. The van der Waals surface area contributed by atoms with E-state index in [1.54, 1.807) is 0 Å². The van der Waals surface area contributed by atoms with Gasteiger partial charge in [-0.3, -0.25) is 4.90 Å². The molecule has 0 aliphatic heterocycles. The maximum atomic E-state index is 6.45. The fourth-order valence-corrected chi connectivity index (χ4v) is 2.51. The van der Waals surface area contributed by atoms with E-state index in [1.807, 2.05) is 0 Å². The van der Waals surface area contributed by atoms with Gasteiger partial charge in [-0.15, -0.1) is 0 Å². The first-order chi connectivity index (χ1) is 7.93. The molecular formula is C15H26N2. The van der Waals surface area contributed by atoms with Crippen LogP contribution in [-0.2, 0) is 0 Å². The lowest BCUT2D eigenvalue weighted by Crippen LogP contribution is -2.51. The third-order valence-electron chi connectivity index (χ3n) is 3.74. The van der Waals surface area contributed by atoms with Crippen molar-refractivity contribution < 1.29 is 0 Å². The molecule has 0 aliphatic carbocycles. The first kappa shape index (κ1) is 14.2. The van der Waals surface area contributed by atoms with Gasteiger partial charge >= 0.3 is 0 Å². The van der Waals surface area contributed by atoms with Crippen molar-refractivity contribution in [1.82, 2.24) is 4.90 Å². The summed E-state index contributed by atoms with van der Waals surface area (Å²) in [6.07, 6.45) is 0. The van der Waals surface area contributed by atoms with Gasteiger partial charge in [0.1, 0.15) is 0 Å². The zero-order valence-electron chi connectivity index (χ0n) is 11.8. The molecule has 0 spiro atoms. The number of likely N-dealkylation sites (N-methyl/N-ethyl adjacent to an activating group) is 1. The monoisotopic (exact) mass is 234 g/mol. The standard InChI is InChI=1S/C15H26N2/c1-6-17(7-2)15(4,5)14(16)13-10-8-9-12(3)11-13/h8-11,14H,6-7,16H2,1-5H3. The van der Waals surface area contributed by atoms with Crippen molar-refractivity contribution in [3.8, 4) is 0 Å². The van der Waals surface area contributed by atoms with Crippen LogP contribution in [0.25, 0.3) is 0 Å². The number of hydrogen-bond donors (Lipinski definition) is 1. The second kappa shape index (κ2) is 5.65. The van der Waals surface area contributed by atoms with Gasteiger partial charge in [0, 0.05) is 11.6 Å². The Morgan fingerprint density at radius 3 is 2.29 bits per heavy atom. The minimum atomic E-state index is -0.0166. The van der Waals surface area contributed by atoms with Crippen LogP contribution in [0.5, 0.6) is 0 Å². The second-order valence-corrected chi connectivity index (χ2v) is 5.22. The minimum Gasteiger partial charge on any atom is -0.322 e. The van der Waals surface area contributed by atoms with E-state index >= 15 is 0 Å². The maximum Gasteiger partial charge on any atom is 0.0476 e. The summed E-state index contributed by atoms with van der Waals surface area (Å²) in [6.45, 7) is 13.0. The average molecular weight is 234 g/mol. The van der Waals surface area contributed by atoms with E-state index in [1.165, 1.54) is 11.1 Å². The molecule has 0 fully saturated rings. The highest BCUT2D eigenvalue weighted by Crippen LogP contribution is 2.29. The van der Waals surface area contributed by atoms with E-state index in [4.69, 9.17) is 5.73 Å². The van der Waals surface area contributed by atoms with Crippen LogP contribution in [0.3, 0.4) is 0 Å². The molecule has 0 saturated carbocycles. The van der Waals surface area contributed by atoms with Crippen LogP contribution in [0.4, 0.5) is 0 Å². The van der Waals surface area contributed by atoms with Gasteiger partial charge in [-0.05, 0) is 39.4 Å². The summed E-state index contributed by atoms with van der Waals surface area (Å²) in [5, 5.41) is 0. The van der Waals surface area contributed by atoms with Crippen molar-refractivity contribution in [3.05, 3.63) is 35.4 Å². The first-order valence-corrected chi connectivity index (χ1v) is 6.50. The van der Waals surface area contributed by atoms with E-state index in [2.05, 4.69) is 63.8 Å². The number of benzene rings is 1. The summed E-state index contributed by atoms with van der Waals surface area (Å²) in [7, 11) is 0. The van der Waals surface area contributed by atoms with Crippen molar-refractivity contribution in [2.24, 2.45) is 5.73 Å². The predicted molar refractivity (Wildman–Crippen MR) is 75.1 cm³/mol. The van der Waals surface area contributed by atoms with Crippen molar-refractivity contribution in [1.29, 1.82) is 0 Å². The molecule has 96 valence electrons. The molecule has 0 radical (unpaired) electrons. The molecule has 2 N–H and O–H groups in total. The van der Waals surface area contributed by atoms with E-state index in [9.17, 15) is 0 Å². The van der Waals surface area contributed by atoms with Crippen molar-refractivity contribution in [2.75, 3.05) is 13.1 Å². The summed E-state index contributed by atoms with van der Waals surface area (Å²) < 4.78 is 0. The molecule has 2 heteroatoms. The highest BCUT2D eigenvalue weighted by atomic mass is 15.2. The molecule has 0 aromatic heterocycles. The Balaban J connectivity index is 2.98. The highest BCUT2D eigenvalue weighted by Gasteiger charge is 2.32. The molecule has 0 heterocycles. The molecule has 1 aromatic rings. The summed E-state index contributed by atoms with van der Waals surface area (Å²) in [5.74, 6) is 0. The van der Waals surface area contributed by atoms with E-state index in [0.29, 0.717) is 0 Å². The van der Waals surface area contributed by atoms with Gasteiger partial charge in [-0.2, -0.15) is 0 Å². The normalized spacial score (nSPS) is 14.1. The van der Waals surface area contributed by atoms with Crippen molar-refractivity contribution in [2.45, 2.75) is 46.2 Å². The molecule has 0 aliphatic rings.